The van der Waals surface area contributed by atoms with Crippen LogP contribution in [0, 0.1) is 13.8 Å². The number of phenolic OH excluding ortho intramolecular Hbond substituents is 2. The molecule has 112 valence electrons. The van der Waals surface area contributed by atoms with Crippen molar-refractivity contribution in [3.8, 4) is 22.8 Å². The number of aryl methyl sites for hydroxylation is 2. The van der Waals surface area contributed by atoms with E-state index in [-0.39, 0.29) is 11.5 Å². The van der Waals surface area contributed by atoms with Crippen LogP contribution in [-0.4, -0.2) is 20.4 Å². The molecule has 0 atom stereocenters. The lowest BCUT2D eigenvalue weighted by Crippen LogP contribution is -1.92. The number of nitrogens with one attached hydrogen (secondary N) is 2. The van der Waals surface area contributed by atoms with Gasteiger partial charge in [-0.05, 0) is 61.4 Å². The van der Waals surface area contributed by atoms with Crippen molar-refractivity contribution >= 4 is 11.5 Å². The quantitative estimate of drug-likeness (QED) is 0.553. The summed E-state index contributed by atoms with van der Waals surface area (Å²) in [7, 11) is 0. The molecular weight excluding hydrogens is 278 g/mol. The van der Waals surface area contributed by atoms with Gasteiger partial charge < -0.3 is 15.5 Å². The van der Waals surface area contributed by atoms with Crippen molar-refractivity contribution in [1.29, 1.82) is 0 Å². The summed E-state index contributed by atoms with van der Waals surface area (Å²) in [5.41, 5.74) is 4.46. The topological polar surface area (TPSA) is 81.2 Å². The van der Waals surface area contributed by atoms with E-state index in [1.54, 1.807) is 18.2 Å². The van der Waals surface area contributed by atoms with Crippen LogP contribution >= 0.6 is 0 Å². The molecule has 0 aliphatic heterocycles. The largest absolute Gasteiger partial charge is 0.508 e. The Labute approximate surface area is 128 Å². The zero-order valence-corrected chi connectivity index (χ0v) is 12.4. The highest BCUT2D eigenvalue weighted by molar-refractivity contribution is 5.68. The highest BCUT2D eigenvalue weighted by Gasteiger charge is 2.07. The van der Waals surface area contributed by atoms with E-state index < -0.39 is 0 Å². The number of anilines is 2. The van der Waals surface area contributed by atoms with Crippen LogP contribution in [0.5, 0.6) is 11.5 Å². The predicted molar refractivity (Wildman–Crippen MR) is 86.6 cm³/mol. The van der Waals surface area contributed by atoms with E-state index in [1.807, 2.05) is 38.1 Å². The minimum Gasteiger partial charge on any atom is -0.508 e. The highest BCUT2D eigenvalue weighted by Crippen LogP contribution is 2.27. The monoisotopic (exact) mass is 295 g/mol. The number of H-pyrrole nitrogens is 1. The Morgan fingerprint density at radius 3 is 2.50 bits per heavy atom. The third-order valence-electron chi connectivity index (χ3n) is 3.56. The molecule has 5 heteroatoms. The Morgan fingerprint density at radius 2 is 1.77 bits per heavy atom. The lowest BCUT2D eigenvalue weighted by Gasteiger charge is -2.06. The molecule has 0 fully saturated rings. The lowest BCUT2D eigenvalue weighted by atomic mass is 10.1. The van der Waals surface area contributed by atoms with Gasteiger partial charge in [0, 0.05) is 17.3 Å². The fraction of sp³-hybridized carbons (Fsp3) is 0.118. The molecule has 0 radical (unpaired) electrons. The summed E-state index contributed by atoms with van der Waals surface area (Å²) in [4.78, 5) is 0. The summed E-state index contributed by atoms with van der Waals surface area (Å²) >= 11 is 0. The van der Waals surface area contributed by atoms with Gasteiger partial charge in [-0.3, -0.25) is 5.10 Å². The Hall–Kier alpha value is -2.95. The number of aromatic hydroxyl groups is 2. The second-order valence-electron chi connectivity index (χ2n) is 5.29. The number of hydrogen-bond donors (Lipinski definition) is 4. The summed E-state index contributed by atoms with van der Waals surface area (Å²) < 4.78 is 0. The number of phenols is 2. The molecule has 2 aromatic carbocycles. The zero-order chi connectivity index (χ0) is 15.7. The van der Waals surface area contributed by atoms with Crippen LogP contribution in [0.3, 0.4) is 0 Å². The van der Waals surface area contributed by atoms with Crippen LogP contribution in [0.1, 0.15) is 11.1 Å². The van der Waals surface area contributed by atoms with E-state index >= 15 is 0 Å². The maximum absolute atomic E-state index is 9.58. The van der Waals surface area contributed by atoms with Gasteiger partial charge in [0.05, 0.1) is 5.69 Å². The number of rotatable bonds is 3. The van der Waals surface area contributed by atoms with E-state index in [9.17, 15) is 10.2 Å². The van der Waals surface area contributed by atoms with Gasteiger partial charge in [0.15, 0.2) is 5.82 Å². The number of nitrogens with zero attached hydrogens (tertiary/aromatic N) is 1. The fourth-order valence-electron chi connectivity index (χ4n) is 2.28. The molecule has 22 heavy (non-hydrogen) atoms. The second-order valence-corrected chi connectivity index (χ2v) is 5.29. The first-order chi connectivity index (χ1) is 10.5. The predicted octanol–water partition coefficient (Wildman–Crippen LogP) is 3.85. The third kappa shape index (κ3) is 2.74. The first-order valence-corrected chi connectivity index (χ1v) is 6.95. The summed E-state index contributed by atoms with van der Waals surface area (Å²) in [5, 5.41) is 29.5. The molecule has 0 bridgehead atoms. The standard InChI is InChI=1S/C17H17N3O2/c1-10-8-13(21)4-5-14(10)18-17-9-15(19-20-17)12-3-6-16(22)11(2)7-12/h3-9,21-22H,1-2H3,(H2,18,19,20). The van der Waals surface area contributed by atoms with Crippen molar-refractivity contribution in [3.63, 3.8) is 0 Å². The molecule has 4 N–H and O–H groups in total. The highest BCUT2D eigenvalue weighted by atomic mass is 16.3. The van der Waals surface area contributed by atoms with Crippen LogP contribution in [0.15, 0.2) is 42.5 Å². The lowest BCUT2D eigenvalue weighted by molar-refractivity contribution is 0.471. The number of aromatic amines is 1. The Morgan fingerprint density at radius 1 is 0.955 bits per heavy atom. The van der Waals surface area contributed by atoms with Gasteiger partial charge in [-0.15, -0.1) is 0 Å². The molecule has 0 saturated carbocycles. The molecule has 0 amide bonds. The molecule has 0 spiro atoms. The van der Waals surface area contributed by atoms with E-state index in [0.29, 0.717) is 5.82 Å². The van der Waals surface area contributed by atoms with Gasteiger partial charge in [-0.2, -0.15) is 5.10 Å². The van der Waals surface area contributed by atoms with Crippen molar-refractivity contribution in [2.45, 2.75) is 13.8 Å². The number of benzene rings is 2. The first-order valence-electron chi connectivity index (χ1n) is 6.95. The number of aromatic nitrogens is 2. The third-order valence-corrected chi connectivity index (χ3v) is 3.56. The van der Waals surface area contributed by atoms with Crippen molar-refractivity contribution < 1.29 is 10.2 Å². The van der Waals surface area contributed by atoms with Crippen LogP contribution < -0.4 is 5.32 Å². The van der Waals surface area contributed by atoms with Crippen molar-refractivity contribution in [2.24, 2.45) is 0 Å². The summed E-state index contributed by atoms with van der Waals surface area (Å²) in [5.74, 6) is 1.21. The molecule has 0 aliphatic carbocycles. The average molecular weight is 295 g/mol. The van der Waals surface area contributed by atoms with Crippen molar-refractivity contribution in [1.82, 2.24) is 10.2 Å². The van der Waals surface area contributed by atoms with E-state index in [1.165, 1.54) is 0 Å². The molecule has 3 aromatic rings. The van der Waals surface area contributed by atoms with Gasteiger partial charge in [0.2, 0.25) is 0 Å². The average Bonchev–Trinajstić information content (AvgIpc) is 2.93. The normalized spacial score (nSPS) is 10.6. The minimum atomic E-state index is 0.241. The fourth-order valence-corrected chi connectivity index (χ4v) is 2.28. The second kappa shape index (κ2) is 5.44. The molecule has 0 saturated heterocycles. The molecule has 1 aromatic heterocycles. The van der Waals surface area contributed by atoms with Gasteiger partial charge in [0.25, 0.3) is 0 Å². The molecule has 0 aliphatic rings. The van der Waals surface area contributed by atoms with Gasteiger partial charge in [0.1, 0.15) is 11.5 Å². The maximum atomic E-state index is 9.58. The minimum absolute atomic E-state index is 0.241. The molecule has 0 unspecified atom stereocenters. The number of hydrogen-bond acceptors (Lipinski definition) is 4. The molecule has 3 rings (SSSR count). The van der Waals surface area contributed by atoms with Crippen molar-refractivity contribution in [2.75, 3.05) is 5.32 Å². The molecule has 1 heterocycles. The van der Waals surface area contributed by atoms with Gasteiger partial charge >= 0.3 is 0 Å². The van der Waals surface area contributed by atoms with E-state index in [2.05, 4.69) is 15.5 Å². The summed E-state index contributed by atoms with van der Waals surface area (Å²) in [6, 6.07) is 12.4. The SMILES string of the molecule is Cc1cc(-c2cc(Nc3ccc(O)cc3C)n[nH]2)ccc1O. The molecule has 5 nitrogen and oxygen atoms in total. The van der Waals surface area contributed by atoms with Crippen molar-refractivity contribution in [3.05, 3.63) is 53.6 Å². The Balaban J connectivity index is 1.85. The summed E-state index contributed by atoms with van der Waals surface area (Å²) in [6.07, 6.45) is 0. The van der Waals surface area contributed by atoms with E-state index in [4.69, 9.17) is 0 Å². The first kappa shape index (κ1) is 14.0. The van der Waals surface area contributed by atoms with E-state index in [0.717, 1.165) is 28.1 Å². The maximum Gasteiger partial charge on any atom is 0.152 e. The Bertz CT molecular complexity index is 825. The van der Waals surface area contributed by atoms with Gasteiger partial charge in [-0.1, -0.05) is 0 Å². The van der Waals surface area contributed by atoms with Crippen LogP contribution in [0.25, 0.3) is 11.3 Å². The smallest absolute Gasteiger partial charge is 0.152 e. The Kier molecular flexibility index (Phi) is 3.47. The van der Waals surface area contributed by atoms with Gasteiger partial charge in [-0.25, -0.2) is 0 Å². The zero-order valence-electron chi connectivity index (χ0n) is 12.4. The van der Waals surface area contributed by atoms with Crippen LogP contribution in [0.4, 0.5) is 11.5 Å². The van der Waals surface area contributed by atoms with Crippen LogP contribution in [0.2, 0.25) is 0 Å². The molecular formula is C17H17N3O2. The van der Waals surface area contributed by atoms with Crippen LogP contribution in [-0.2, 0) is 0 Å². The summed E-state index contributed by atoms with van der Waals surface area (Å²) in [6.45, 7) is 3.77.